The molecule has 0 spiro atoms. The number of nitro benzene ring substituents is 1. The SMILES string of the molecule is O=C1N[C@H](c2ccc([N+](=O)[O-])cc2)/C(=C(\O)c2ccc(Br)cc2)C1=O. The molecule has 1 fully saturated rings. The number of Topliss-reactive ketones (excluding diaryl/α,β-unsaturated/α-hetero) is 1. The van der Waals surface area contributed by atoms with Crippen LogP contribution in [0.3, 0.4) is 0 Å². The van der Waals surface area contributed by atoms with Crippen molar-refractivity contribution in [2.75, 3.05) is 0 Å². The largest absolute Gasteiger partial charge is 0.507 e. The van der Waals surface area contributed by atoms with E-state index < -0.39 is 22.7 Å². The van der Waals surface area contributed by atoms with Gasteiger partial charge in [0, 0.05) is 22.2 Å². The summed E-state index contributed by atoms with van der Waals surface area (Å²) in [6, 6.07) is 11.2. The van der Waals surface area contributed by atoms with E-state index in [1.807, 2.05) is 0 Å². The molecule has 0 saturated carbocycles. The number of halogens is 1. The van der Waals surface area contributed by atoms with Crippen LogP contribution >= 0.6 is 15.9 Å². The van der Waals surface area contributed by atoms with Crippen LogP contribution in [0.1, 0.15) is 17.2 Å². The average Bonchev–Trinajstić information content (AvgIpc) is 2.90. The molecule has 1 saturated heterocycles. The minimum Gasteiger partial charge on any atom is -0.507 e. The molecule has 1 atom stereocenters. The molecule has 25 heavy (non-hydrogen) atoms. The zero-order valence-corrected chi connectivity index (χ0v) is 14.2. The first-order chi connectivity index (χ1) is 11.9. The minimum absolute atomic E-state index is 0.0822. The quantitative estimate of drug-likeness (QED) is 0.269. The zero-order chi connectivity index (χ0) is 18.1. The molecule has 1 amide bonds. The van der Waals surface area contributed by atoms with Gasteiger partial charge in [-0.3, -0.25) is 19.7 Å². The summed E-state index contributed by atoms with van der Waals surface area (Å²) in [6.07, 6.45) is 0. The number of nitrogens with one attached hydrogen (secondary N) is 1. The molecular formula is C17H11BrN2O5. The van der Waals surface area contributed by atoms with Gasteiger partial charge in [0.15, 0.2) is 0 Å². The van der Waals surface area contributed by atoms with E-state index in [-0.39, 0.29) is 17.0 Å². The molecule has 2 aromatic carbocycles. The van der Waals surface area contributed by atoms with Gasteiger partial charge < -0.3 is 10.4 Å². The summed E-state index contributed by atoms with van der Waals surface area (Å²) >= 11 is 3.28. The maximum atomic E-state index is 12.2. The van der Waals surface area contributed by atoms with E-state index >= 15 is 0 Å². The predicted molar refractivity (Wildman–Crippen MR) is 92.7 cm³/mol. The molecule has 1 heterocycles. The van der Waals surface area contributed by atoms with Gasteiger partial charge in [0.05, 0.1) is 16.5 Å². The summed E-state index contributed by atoms with van der Waals surface area (Å²) in [5.41, 5.74) is 0.654. The Hall–Kier alpha value is -3.00. The maximum absolute atomic E-state index is 12.2. The van der Waals surface area contributed by atoms with Crippen LogP contribution in [0.25, 0.3) is 5.76 Å². The number of nitrogens with zero attached hydrogens (tertiary/aromatic N) is 1. The van der Waals surface area contributed by atoms with E-state index in [2.05, 4.69) is 21.2 Å². The normalized spacial score (nSPS) is 18.8. The number of carbonyl (C=O) groups excluding carboxylic acids is 2. The summed E-state index contributed by atoms with van der Waals surface area (Å²) in [6.45, 7) is 0. The highest BCUT2D eigenvalue weighted by atomic mass is 79.9. The molecule has 7 nitrogen and oxygen atoms in total. The number of amides is 1. The number of ketones is 1. The Labute approximate surface area is 150 Å². The Morgan fingerprint density at radius 3 is 2.24 bits per heavy atom. The number of carbonyl (C=O) groups is 2. The van der Waals surface area contributed by atoms with Gasteiger partial charge in [-0.25, -0.2) is 0 Å². The van der Waals surface area contributed by atoms with Gasteiger partial charge in [0.1, 0.15) is 5.76 Å². The van der Waals surface area contributed by atoms with E-state index in [9.17, 15) is 24.8 Å². The number of non-ortho nitro benzene ring substituents is 1. The maximum Gasteiger partial charge on any atom is 0.293 e. The van der Waals surface area contributed by atoms with Gasteiger partial charge in [-0.2, -0.15) is 0 Å². The van der Waals surface area contributed by atoms with Crippen LogP contribution in [0, 0.1) is 10.1 Å². The topological polar surface area (TPSA) is 110 Å². The predicted octanol–water partition coefficient (Wildman–Crippen LogP) is 3.07. The van der Waals surface area contributed by atoms with Gasteiger partial charge in [0.25, 0.3) is 17.4 Å². The lowest BCUT2D eigenvalue weighted by Crippen LogP contribution is -2.21. The van der Waals surface area contributed by atoms with Gasteiger partial charge >= 0.3 is 0 Å². The fraction of sp³-hybridized carbons (Fsp3) is 0.0588. The van der Waals surface area contributed by atoms with Crippen LogP contribution in [0.2, 0.25) is 0 Å². The third-order valence-corrected chi connectivity index (χ3v) is 4.35. The first kappa shape index (κ1) is 16.8. The summed E-state index contributed by atoms with van der Waals surface area (Å²) in [7, 11) is 0. The highest BCUT2D eigenvalue weighted by molar-refractivity contribution is 9.10. The summed E-state index contributed by atoms with van der Waals surface area (Å²) in [5, 5.41) is 23.8. The van der Waals surface area contributed by atoms with E-state index in [0.29, 0.717) is 11.1 Å². The van der Waals surface area contributed by atoms with Crippen molar-refractivity contribution in [1.29, 1.82) is 0 Å². The van der Waals surface area contributed by atoms with Crippen molar-refractivity contribution >= 4 is 39.1 Å². The van der Waals surface area contributed by atoms with Gasteiger partial charge in [0.2, 0.25) is 0 Å². The van der Waals surface area contributed by atoms with Gasteiger partial charge in [-0.15, -0.1) is 0 Å². The number of hydrogen-bond donors (Lipinski definition) is 2. The van der Waals surface area contributed by atoms with Crippen LogP contribution in [-0.2, 0) is 9.59 Å². The summed E-state index contributed by atoms with van der Waals surface area (Å²) < 4.78 is 0.799. The molecule has 1 aliphatic rings. The first-order valence-electron chi connectivity index (χ1n) is 7.17. The Morgan fingerprint density at radius 1 is 1.08 bits per heavy atom. The standard InChI is InChI=1S/C17H11BrN2O5/c18-11-5-1-10(2-6-11)15(21)13-14(19-17(23)16(13)22)9-3-7-12(8-4-9)20(24)25/h1-8,14,21H,(H,19,23)/b15-13+/t14-/m1/s1. The second-order valence-corrected chi connectivity index (χ2v) is 6.27. The molecule has 126 valence electrons. The third-order valence-electron chi connectivity index (χ3n) is 3.82. The molecule has 0 radical (unpaired) electrons. The van der Waals surface area contributed by atoms with Crippen LogP contribution in [0.15, 0.2) is 58.6 Å². The van der Waals surface area contributed by atoms with Crippen molar-refractivity contribution in [2.45, 2.75) is 6.04 Å². The first-order valence-corrected chi connectivity index (χ1v) is 7.96. The Kier molecular flexibility index (Phi) is 4.37. The van der Waals surface area contributed by atoms with E-state index in [1.165, 1.54) is 24.3 Å². The lowest BCUT2D eigenvalue weighted by molar-refractivity contribution is -0.384. The van der Waals surface area contributed by atoms with Crippen LogP contribution in [-0.4, -0.2) is 21.7 Å². The van der Waals surface area contributed by atoms with Crippen molar-refractivity contribution in [3.8, 4) is 0 Å². The lowest BCUT2D eigenvalue weighted by atomic mass is 9.96. The molecule has 2 N–H and O–H groups in total. The number of benzene rings is 2. The molecule has 0 unspecified atom stereocenters. The molecule has 1 aliphatic heterocycles. The van der Waals surface area contributed by atoms with Crippen molar-refractivity contribution in [2.24, 2.45) is 0 Å². The number of hydrogen-bond acceptors (Lipinski definition) is 5. The molecule has 0 aromatic heterocycles. The summed E-state index contributed by atoms with van der Waals surface area (Å²) in [5.74, 6) is -1.97. The average molecular weight is 403 g/mol. The lowest BCUT2D eigenvalue weighted by Gasteiger charge is -2.13. The Bertz CT molecular complexity index is 904. The van der Waals surface area contributed by atoms with Crippen molar-refractivity contribution in [3.05, 3.63) is 79.8 Å². The highest BCUT2D eigenvalue weighted by Crippen LogP contribution is 2.33. The highest BCUT2D eigenvalue weighted by Gasteiger charge is 2.39. The Balaban J connectivity index is 2.07. The van der Waals surface area contributed by atoms with Crippen LogP contribution < -0.4 is 5.32 Å². The van der Waals surface area contributed by atoms with E-state index in [1.54, 1.807) is 24.3 Å². The van der Waals surface area contributed by atoms with Crippen molar-refractivity contribution in [3.63, 3.8) is 0 Å². The monoisotopic (exact) mass is 402 g/mol. The molecular weight excluding hydrogens is 392 g/mol. The smallest absolute Gasteiger partial charge is 0.293 e. The van der Waals surface area contributed by atoms with Crippen molar-refractivity contribution in [1.82, 2.24) is 5.32 Å². The molecule has 2 aromatic rings. The van der Waals surface area contributed by atoms with Crippen molar-refractivity contribution < 1.29 is 19.6 Å². The second-order valence-electron chi connectivity index (χ2n) is 5.35. The molecule has 8 heteroatoms. The van der Waals surface area contributed by atoms with Crippen LogP contribution in [0.5, 0.6) is 0 Å². The van der Waals surface area contributed by atoms with E-state index in [4.69, 9.17) is 0 Å². The number of aliphatic hydroxyl groups is 1. The van der Waals surface area contributed by atoms with Gasteiger partial charge in [-0.05, 0) is 29.8 Å². The summed E-state index contributed by atoms with van der Waals surface area (Å²) in [4.78, 5) is 34.2. The second kappa shape index (κ2) is 6.48. The van der Waals surface area contributed by atoms with E-state index in [0.717, 1.165) is 4.47 Å². The van der Waals surface area contributed by atoms with Gasteiger partial charge in [-0.1, -0.05) is 28.1 Å². The fourth-order valence-electron chi connectivity index (χ4n) is 2.57. The number of rotatable bonds is 3. The minimum atomic E-state index is -0.871. The number of nitro groups is 1. The van der Waals surface area contributed by atoms with Crippen LogP contribution in [0.4, 0.5) is 5.69 Å². The fourth-order valence-corrected chi connectivity index (χ4v) is 2.83. The third kappa shape index (κ3) is 3.16. The molecule has 3 rings (SSSR count). The molecule has 0 aliphatic carbocycles. The number of aliphatic hydroxyl groups excluding tert-OH is 1. The molecule has 0 bridgehead atoms. The zero-order valence-electron chi connectivity index (χ0n) is 12.6. The Morgan fingerprint density at radius 2 is 1.68 bits per heavy atom.